The number of rotatable bonds is 6. The number of halogens is 4. The molecule has 0 fully saturated rings. The monoisotopic (exact) mass is 318 g/mol. The summed E-state index contributed by atoms with van der Waals surface area (Å²) in [5.74, 6) is -0.924. The lowest BCUT2D eigenvalue weighted by molar-refractivity contribution is -0.275. The smallest absolute Gasteiger partial charge is 0.490 e. The second kappa shape index (κ2) is 6.33. The minimum atomic E-state index is -4.82. The molecule has 0 aliphatic heterocycles. The van der Waals surface area contributed by atoms with Crippen molar-refractivity contribution >= 4 is 19.7 Å². The minimum absolute atomic E-state index is 0.0617. The predicted molar refractivity (Wildman–Crippen MR) is 62.9 cm³/mol. The van der Waals surface area contributed by atoms with Crippen molar-refractivity contribution in [1.82, 2.24) is 0 Å². The highest BCUT2D eigenvalue weighted by Crippen LogP contribution is 2.31. The van der Waals surface area contributed by atoms with Gasteiger partial charge in [-0.3, -0.25) is 0 Å². The summed E-state index contributed by atoms with van der Waals surface area (Å²) in [7, 11) is 1.34. The molecule has 0 unspecified atom stereocenters. The van der Waals surface area contributed by atoms with Gasteiger partial charge in [-0.05, 0) is 18.6 Å². The zero-order chi connectivity index (χ0) is 14.5. The van der Waals surface area contributed by atoms with Gasteiger partial charge in [-0.2, -0.15) is 0 Å². The van der Waals surface area contributed by atoms with Crippen LogP contribution in [-0.2, 0) is 9.05 Å². The Morgan fingerprint density at radius 3 is 2.26 bits per heavy atom. The van der Waals surface area contributed by atoms with Crippen molar-refractivity contribution in [1.29, 1.82) is 0 Å². The molecule has 4 nitrogen and oxygen atoms in total. The van der Waals surface area contributed by atoms with Crippen molar-refractivity contribution < 1.29 is 31.1 Å². The Kier molecular flexibility index (Phi) is 5.30. The topological polar surface area (TPSA) is 52.6 Å². The average Bonchev–Trinajstić information content (AvgIpc) is 2.23. The third-order valence-electron chi connectivity index (χ3n) is 1.86. The van der Waals surface area contributed by atoms with Crippen molar-refractivity contribution in [3.8, 4) is 11.5 Å². The number of hydrogen-bond acceptors (Lipinski definition) is 4. The van der Waals surface area contributed by atoms with Gasteiger partial charge in [0.15, 0.2) is 11.5 Å². The maximum Gasteiger partial charge on any atom is 0.573 e. The minimum Gasteiger partial charge on any atom is -0.490 e. The first kappa shape index (κ1) is 15.9. The molecule has 9 heteroatoms. The Balaban J connectivity index is 2.58. The molecule has 108 valence electrons. The SMILES string of the molecule is O=S(=O)(Cl)CCCOc1ccccc1OC(F)(F)F. The van der Waals surface area contributed by atoms with Crippen LogP contribution < -0.4 is 9.47 Å². The van der Waals surface area contributed by atoms with Crippen LogP contribution in [0.2, 0.25) is 0 Å². The first-order valence-electron chi connectivity index (χ1n) is 5.07. The van der Waals surface area contributed by atoms with E-state index in [0.29, 0.717) is 0 Å². The zero-order valence-electron chi connectivity index (χ0n) is 9.48. The molecular weight excluding hydrogens is 309 g/mol. The van der Waals surface area contributed by atoms with Crippen LogP contribution in [0.1, 0.15) is 6.42 Å². The molecule has 0 heterocycles. The van der Waals surface area contributed by atoms with Gasteiger partial charge in [0, 0.05) is 10.7 Å². The zero-order valence-corrected chi connectivity index (χ0v) is 11.1. The molecule has 19 heavy (non-hydrogen) atoms. The van der Waals surface area contributed by atoms with Crippen molar-refractivity contribution in [2.24, 2.45) is 0 Å². The van der Waals surface area contributed by atoms with E-state index in [1.54, 1.807) is 0 Å². The first-order valence-corrected chi connectivity index (χ1v) is 7.55. The quantitative estimate of drug-likeness (QED) is 0.598. The summed E-state index contributed by atoms with van der Waals surface area (Å²) < 4.78 is 66.3. The summed E-state index contributed by atoms with van der Waals surface area (Å²) in [4.78, 5) is 0. The molecule has 0 aliphatic carbocycles. The van der Waals surface area contributed by atoms with Gasteiger partial charge in [0.05, 0.1) is 12.4 Å². The Morgan fingerprint density at radius 1 is 1.16 bits per heavy atom. The maximum absolute atomic E-state index is 12.1. The van der Waals surface area contributed by atoms with E-state index in [1.807, 2.05) is 0 Å². The van der Waals surface area contributed by atoms with Gasteiger partial charge in [0.1, 0.15) is 0 Å². The van der Waals surface area contributed by atoms with Gasteiger partial charge in [-0.25, -0.2) is 8.42 Å². The molecule has 0 atom stereocenters. The van der Waals surface area contributed by atoms with E-state index >= 15 is 0 Å². The van der Waals surface area contributed by atoms with Gasteiger partial charge in [-0.1, -0.05) is 12.1 Å². The lowest BCUT2D eigenvalue weighted by Crippen LogP contribution is -2.18. The second-order valence-electron chi connectivity index (χ2n) is 3.44. The molecule has 0 aromatic heterocycles. The highest BCUT2D eigenvalue weighted by molar-refractivity contribution is 8.13. The highest BCUT2D eigenvalue weighted by Gasteiger charge is 2.32. The van der Waals surface area contributed by atoms with Gasteiger partial charge in [-0.15, -0.1) is 13.2 Å². The van der Waals surface area contributed by atoms with Crippen LogP contribution in [0, 0.1) is 0 Å². The van der Waals surface area contributed by atoms with E-state index in [-0.39, 0.29) is 24.5 Å². The molecular formula is C10H10ClF3O4S. The molecule has 0 spiro atoms. The molecule has 1 aromatic carbocycles. The molecule has 0 radical (unpaired) electrons. The second-order valence-corrected chi connectivity index (χ2v) is 6.34. The van der Waals surface area contributed by atoms with Crippen LogP contribution >= 0.6 is 10.7 Å². The molecule has 0 amide bonds. The summed E-state index contributed by atoms with van der Waals surface area (Å²) in [5, 5.41) is 0. The normalized spacial score (nSPS) is 12.2. The van der Waals surface area contributed by atoms with Crippen molar-refractivity contribution in [2.75, 3.05) is 12.4 Å². The van der Waals surface area contributed by atoms with Crippen LogP contribution in [-0.4, -0.2) is 27.1 Å². The fourth-order valence-electron chi connectivity index (χ4n) is 1.19. The van der Waals surface area contributed by atoms with Crippen LogP contribution in [0.25, 0.3) is 0 Å². The Hall–Kier alpha value is -1.15. The van der Waals surface area contributed by atoms with Crippen LogP contribution in [0.3, 0.4) is 0 Å². The standard InChI is InChI=1S/C10H10ClF3O4S/c11-19(15,16)7-3-6-17-8-4-1-2-5-9(8)18-10(12,13)14/h1-2,4-5H,3,6-7H2. The van der Waals surface area contributed by atoms with Crippen molar-refractivity contribution in [2.45, 2.75) is 12.8 Å². The molecule has 0 saturated heterocycles. The number of para-hydroxylation sites is 2. The van der Waals surface area contributed by atoms with E-state index in [2.05, 4.69) is 4.74 Å². The molecule has 1 aromatic rings. The van der Waals surface area contributed by atoms with E-state index < -0.39 is 21.2 Å². The third-order valence-corrected chi connectivity index (χ3v) is 3.10. The Labute approximate surface area is 112 Å². The fourth-order valence-corrected chi connectivity index (χ4v) is 1.98. The van der Waals surface area contributed by atoms with Crippen LogP contribution in [0.4, 0.5) is 13.2 Å². The molecule has 0 aliphatic rings. The van der Waals surface area contributed by atoms with E-state index in [1.165, 1.54) is 18.2 Å². The summed E-state index contributed by atoms with van der Waals surface area (Å²) in [5.41, 5.74) is 0. The molecule has 1 rings (SSSR count). The highest BCUT2D eigenvalue weighted by atomic mass is 35.7. The third kappa shape index (κ3) is 7.12. The summed E-state index contributed by atoms with van der Waals surface area (Å²) in [6, 6.07) is 5.21. The van der Waals surface area contributed by atoms with Gasteiger partial charge in [0.2, 0.25) is 9.05 Å². The van der Waals surface area contributed by atoms with Crippen molar-refractivity contribution in [3.05, 3.63) is 24.3 Å². The van der Waals surface area contributed by atoms with Crippen molar-refractivity contribution in [3.63, 3.8) is 0 Å². The lowest BCUT2D eigenvalue weighted by atomic mass is 10.3. The lowest BCUT2D eigenvalue weighted by Gasteiger charge is -2.13. The van der Waals surface area contributed by atoms with Gasteiger partial charge in [0.25, 0.3) is 0 Å². The molecule has 0 saturated carbocycles. The summed E-state index contributed by atoms with van der Waals surface area (Å²) in [6.45, 7) is -0.0931. The number of alkyl halides is 3. The van der Waals surface area contributed by atoms with Gasteiger partial charge >= 0.3 is 6.36 Å². The fraction of sp³-hybridized carbons (Fsp3) is 0.400. The molecule has 0 bridgehead atoms. The molecule has 0 N–H and O–H groups in total. The Morgan fingerprint density at radius 2 is 1.74 bits per heavy atom. The largest absolute Gasteiger partial charge is 0.573 e. The van der Waals surface area contributed by atoms with E-state index in [0.717, 1.165) is 6.07 Å². The predicted octanol–water partition coefficient (Wildman–Crippen LogP) is 2.92. The Bertz CT molecular complexity index is 516. The first-order chi connectivity index (χ1) is 8.67. The maximum atomic E-state index is 12.1. The van der Waals surface area contributed by atoms with E-state index in [9.17, 15) is 21.6 Å². The van der Waals surface area contributed by atoms with E-state index in [4.69, 9.17) is 15.4 Å². The number of benzene rings is 1. The van der Waals surface area contributed by atoms with Crippen LogP contribution in [0.5, 0.6) is 11.5 Å². The van der Waals surface area contributed by atoms with Crippen LogP contribution in [0.15, 0.2) is 24.3 Å². The van der Waals surface area contributed by atoms with Gasteiger partial charge < -0.3 is 9.47 Å². The number of hydrogen-bond donors (Lipinski definition) is 0. The summed E-state index contributed by atoms with van der Waals surface area (Å²) in [6.07, 6.45) is -4.76. The number of ether oxygens (including phenoxy) is 2. The average molecular weight is 319 g/mol. The summed E-state index contributed by atoms with van der Waals surface area (Å²) >= 11 is 0.